The first kappa shape index (κ1) is 32.0. The van der Waals surface area contributed by atoms with Crippen LogP contribution in [0.5, 0.6) is 5.75 Å². The first-order valence-electron chi connectivity index (χ1n) is 14.7. The van der Waals surface area contributed by atoms with E-state index in [4.69, 9.17) is 4.74 Å². The van der Waals surface area contributed by atoms with Gasteiger partial charge in [-0.1, -0.05) is 56.0 Å². The maximum atomic E-state index is 14.2. The summed E-state index contributed by atoms with van der Waals surface area (Å²) in [5, 5.41) is 3.14. The highest BCUT2D eigenvalue weighted by molar-refractivity contribution is 7.92. The average Bonchev–Trinajstić information content (AvgIpc) is 3.01. The number of carbonyl (C=O) groups is 2. The summed E-state index contributed by atoms with van der Waals surface area (Å²) >= 11 is 0. The van der Waals surface area contributed by atoms with Crippen molar-refractivity contribution in [1.29, 1.82) is 0 Å². The molecule has 0 aliphatic heterocycles. The van der Waals surface area contributed by atoms with Crippen LogP contribution in [-0.4, -0.2) is 50.9 Å². The average molecular weight is 610 g/mol. The molecule has 1 aliphatic carbocycles. The number of aryl methyl sites for hydroxylation is 1. The number of hydrogen-bond donors (Lipinski definition) is 1. The van der Waals surface area contributed by atoms with Gasteiger partial charge >= 0.3 is 0 Å². The van der Waals surface area contributed by atoms with Crippen LogP contribution in [0.25, 0.3) is 0 Å². The molecule has 1 N–H and O–H groups in total. The second-order valence-electron chi connectivity index (χ2n) is 10.9. The number of nitrogens with zero attached hydrogens (tertiary/aromatic N) is 2. The molecule has 43 heavy (non-hydrogen) atoms. The van der Waals surface area contributed by atoms with Gasteiger partial charge in [0.1, 0.15) is 24.2 Å². The van der Waals surface area contributed by atoms with Gasteiger partial charge in [0.25, 0.3) is 10.0 Å². The van der Waals surface area contributed by atoms with E-state index in [0.29, 0.717) is 12.2 Å². The third-order valence-electron chi connectivity index (χ3n) is 7.83. The topological polar surface area (TPSA) is 96.0 Å². The molecule has 2 amide bonds. The Balaban J connectivity index is 1.71. The summed E-state index contributed by atoms with van der Waals surface area (Å²) < 4.78 is 47.9. The monoisotopic (exact) mass is 609 g/mol. The number of benzene rings is 3. The molecule has 0 radical (unpaired) electrons. The van der Waals surface area contributed by atoms with Crippen LogP contribution in [0.4, 0.5) is 10.1 Å². The van der Waals surface area contributed by atoms with Crippen molar-refractivity contribution in [3.63, 3.8) is 0 Å². The zero-order chi connectivity index (χ0) is 31.0. The second-order valence-corrected chi connectivity index (χ2v) is 12.8. The number of sulfonamides is 1. The highest BCUT2D eigenvalue weighted by Gasteiger charge is 2.34. The van der Waals surface area contributed by atoms with Crippen molar-refractivity contribution < 1.29 is 27.1 Å². The van der Waals surface area contributed by atoms with Gasteiger partial charge in [-0.05, 0) is 80.3 Å². The van der Waals surface area contributed by atoms with E-state index in [0.717, 1.165) is 59.7 Å². The van der Waals surface area contributed by atoms with Gasteiger partial charge in [0.2, 0.25) is 11.8 Å². The minimum absolute atomic E-state index is 0.0481. The van der Waals surface area contributed by atoms with Crippen molar-refractivity contribution in [3.8, 4) is 5.75 Å². The zero-order valence-corrected chi connectivity index (χ0v) is 25.8. The normalized spacial score (nSPS) is 14.5. The first-order valence-corrected chi connectivity index (χ1v) is 16.1. The van der Waals surface area contributed by atoms with E-state index in [9.17, 15) is 22.4 Å². The lowest BCUT2D eigenvalue weighted by atomic mass is 9.95. The lowest BCUT2D eigenvalue weighted by Crippen LogP contribution is -2.54. The molecule has 0 spiro atoms. The highest BCUT2D eigenvalue weighted by Crippen LogP contribution is 2.26. The third-order valence-corrected chi connectivity index (χ3v) is 9.62. The molecule has 1 atom stereocenters. The highest BCUT2D eigenvalue weighted by atomic mass is 32.2. The minimum atomic E-state index is -4.27. The Hall–Kier alpha value is -3.92. The summed E-state index contributed by atoms with van der Waals surface area (Å²) in [4.78, 5) is 29.2. The van der Waals surface area contributed by atoms with Gasteiger partial charge in [0.15, 0.2) is 0 Å². The molecule has 3 aromatic rings. The number of amides is 2. The lowest BCUT2D eigenvalue weighted by molar-refractivity contribution is -0.140. The van der Waals surface area contributed by atoms with E-state index in [-0.39, 0.29) is 29.1 Å². The molecule has 8 nitrogen and oxygen atoms in total. The molecule has 1 aliphatic rings. The SMILES string of the molecule is CCC(C(=O)NC1CCCCC1)N(Cc1cccc(OC)c1)C(=O)CN(c1ccc(C)cc1)S(=O)(=O)c1ccc(F)cc1. The van der Waals surface area contributed by atoms with Crippen molar-refractivity contribution in [2.75, 3.05) is 18.0 Å². The van der Waals surface area contributed by atoms with Crippen molar-refractivity contribution in [1.82, 2.24) is 10.2 Å². The maximum Gasteiger partial charge on any atom is 0.264 e. The van der Waals surface area contributed by atoms with Gasteiger partial charge in [0, 0.05) is 12.6 Å². The molecule has 230 valence electrons. The van der Waals surface area contributed by atoms with Crippen LogP contribution in [0.2, 0.25) is 0 Å². The summed E-state index contributed by atoms with van der Waals surface area (Å²) in [5.41, 5.74) is 1.93. The Morgan fingerprint density at radius 3 is 2.30 bits per heavy atom. The van der Waals surface area contributed by atoms with Gasteiger partial charge in [-0.15, -0.1) is 0 Å². The van der Waals surface area contributed by atoms with E-state index >= 15 is 0 Å². The number of hydrogen-bond acceptors (Lipinski definition) is 5. The van der Waals surface area contributed by atoms with Crippen LogP contribution in [0.15, 0.2) is 77.7 Å². The van der Waals surface area contributed by atoms with E-state index in [2.05, 4.69) is 5.32 Å². The molecular weight excluding hydrogens is 569 g/mol. The molecule has 1 fully saturated rings. The molecule has 4 rings (SSSR count). The summed E-state index contributed by atoms with van der Waals surface area (Å²) in [5.74, 6) is -0.769. The number of rotatable bonds is 12. The molecule has 0 heterocycles. The van der Waals surface area contributed by atoms with Crippen LogP contribution in [0, 0.1) is 12.7 Å². The third kappa shape index (κ3) is 8.13. The maximum absolute atomic E-state index is 14.2. The molecule has 0 aromatic heterocycles. The quantitative estimate of drug-likeness (QED) is 0.289. The molecule has 1 saturated carbocycles. The van der Waals surface area contributed by atoms with E-state index in [1.54, 1.807) is 49.6 Å². The number of halogens is 1. The van der Waals surface area contributed by atoms with E-state index < -0.39 is 34.3 Å². The Morgan fingerprint density at radius 2 is 1.67 bits per heavy atom. The van der Waals surface area contributed by atoms with Gasteiger partial charge in [-0.25, -0.2) is 12.8 Å². The van der Waals surface area contributed by atoms with Crippen molar-refractivity contribution in [3.05, 3.63) is 89.7 Å². The van der Waals surface area contributed by atoms with Crippen LogP contribution >= 0.6 is 0 Å². The van der Waals surface area contributed by atoms with Crippen LogP contribution < -0.4 is 14.4 Å². The van der Waals surface area contributed by atoms with E-state index in [1.165, 1.54) is 17.0 Å². The summed E-state index contributed by atoms with van der Waals surface area (Å²) in [7, 11) is -2.72. The van der Waals surface area contributed by atoms with Gasteiger partial charge in [-0.3, -0.25) is 13.9 Å². The molecule has 0 saturated heterocycles. The first-order chi connectivity index (χ1) is 20.6. The lowest BCUT2D eigenvalue weighted by Gasteiger charge is -2.34. The molecule has 3 aromatic carbocycles. The number of carbonyl (C=O) groups excluding carboxylic acids is 2. The summed E-state index contributed by atoms with van der Waals surface area (Å²) in [6.07, 6.45) is 5.35. The summed E-state index contributed by atoms with van der Waals surface area (Å²) in [6.45, 7) is 3.23. The van der Waals surface area contributed by atoms with Gasteiger partial charge < -0.3 is 15.0 Å². The Bertz CT molecular complexity index is 1490. The van der Waals surface area contributed by atoms with E-state index in [1.807, 2.05) is 19.9 Å². The Kier molecular flexibility index (Phi) is 10.8. The largest absolute Gasteiger partial charge is 0.497 e. The van der Waals surface area contributed by atoms with Crippen molar-refractivity contribution in [2.24, 2.45) is 0 Å². The number of methoxy groups -OCH3 is 1. The predicted molar refractivity (Wildman–Crippen MR) is 165 cm³/mol. The summed E-state index contributed by atoms with van der Waals surface area (Å²) in [6, 6.07) is 17.7. The second kappa shape index (κ2) is 14.5. The fourth-order valence-corrected chi connectivity index (χ4v) is 6.82. The Morgan fingerprint density at radius 1 is 1.00 bits per heavy atom. The number of anilines is 1. The van der Waals surface area contributed by atoms with Crippen molar-refractivity contribution in [2.45, 2.75) is 75.9 Å². The van der Waals surface area contributed by atoms with Gasteiger partial charge in [0.05, 0.1) is 17.7 Å². The standard InChI is InChI=1S/C33H40FN3O5S/c1-4-31(33(39)35-27-10-6-5-7-11-27)36(22-25-9-8-12-29(21-25)42-3)32(38)23-37(28-17-13-24(2)14-18-28)43(40,41)30-19-15-26(34)16-20-30/h8-9,12-21,27,31H,4-7,10-11,22-23H2,1-3H3,(H,35,39). The fourth-order valence-electron chi connectivity index (χ4n) is 5.40. The molecule has 0 bridgehead atoms. The predicted octanol–water partition coefficient (Wildman–Crippen LogP) is 5.59. The zero-order valence-electron chi connectivity index (χ0n) is 25.0. The number of nitrogens with one attached hydrogen (secondary N) is 1. The Labute approximate surface area is 253 Å². The van der Waals surface area contributed by atoms with Crippen LogP contribution in [0.1, 0.15) is 56.6 Å². The smallest absolute Gasteiger partial charge is 0.264 e. The molecule has 1 unspecified atom stereocenters. The molecule has 10 heteroatoms. The fraction of sp³-hybridized carbons (Fsp3) is 0.394. The minimum Gasteiger partial charge on any atom is -0.497 e. The van der Waals surface area contributed by atoms with Crippen LogP contribution in [0.3, 0.4) is 0 Å². The van der Waals surface area contributed by atoms with Gasteiger partial charge in [-0.2, -0.15) is 0 Å². The molecular formula is C33H40FN3O5S. The van der Waals surface area contributed by atoms with Crippen molar-refractivity contribution >= 4 is 27.5 Å². The van der Waals surface area contributed by atoms with Crippen LogP contribution in [-0.2, 0) is 26.2 Å². The number of ether oxygens (including phenoxy) is 1.